The SMILES string of the molecule is CC(=O)OC[C@H](CO)c1ccccc1.NC(=O)S. The zero-order chi connectivity index (χ0) is 14.0. The predicted molar refractivity (Wildman–Crippen MR) is 71.5 cm³/mol. The second-order valence-corrected chi connectivity index (χ2v) is 3.87. The van der Waals surface area contributed by atoms with Crippen molar-refractivity contribution in [1.29, 1.82) is 0 Å². The minimum Gasteiger partial charge on any atom is -0.465 e. The molecular weight excluding hydrogens is 254 g/mol. The van der Waals surface area contributed by atoms with Crippen LogP contribution in [0.1, 0.15) is 18.4 Å². The van der Waals surface area contributed by atoms with Gasteiger partial charge in [-0.05, 0) is 5.56 Å². The molecule has 1 rings (SSSR count). The predicted octanol–water partition coefficient (Wildman–Crippen LogP) is 1.32. The summed E-state index contributed by atoms with van der Waals surface area (Å²) in [5.74, 6) is -0.445. The lowest BCUT2D eigenvalue weighted by molar-refractivity contribution is -0.141. The van der Waals surface area contributed by atoms with Crippen LogP contribution in [0, 0.1) is 0 Å². The van der Waals surface area contributed by atoms with Gasteiger partial charge < -0.3 is 15.6 Å². The summed E-state index contributed by atoms with van der Waals surface area (Å²) in [6.07, 6.45) is 0. The number of rotatable bonds is 4. The molecule has 0 saturated carbocycles. The lowest BCUT2D eigenvalue weighted by Gasteiger charge is -2.13. The summed E-state index contributed by atoms with van der Waals surface area (Å²) in [6, 6.07) is 9.51. The van der Waals surface area contributed by atoms with Crippen LogP contribution in [-0.2, 0) is 9.53 Å². The Morgan fingerprint density at radius 1 is 1.39 bits per heavy atom. The fourth-order valence-electron chi connectivity index (χ4n) is 1.20. The Morgan fingerprint density at radius 2 is 1.89 bits per heavy atom. The van der Waals surface area contributed by atoms with Gasteiger partial charge in [-0.3, -0.25) is 9.59 Å². The fraction of sp³-hybridized carbons (Fsp3) is 0.333. The quantitative estimate of drug-likeness (QED) is 0.569. The lowest BCUT2D eigenvalue weighted by Crippen LogP contribution is -2.14. The summed E-state index contributed by atoms with van der Waals surface area (Å²) >= 11 is 3.10. The van der Waals surface area contributed by atoms with Crippen LogP contribution in [0.25, 0.3) is 0 Å². The molecule has 0 heterocycles. The van der Waals surface area contributed by atoms with Crippen LogP contribution in [0.4, 0.5) is 4.79 Å². The van der Waals surface area contributed by atoms with Gasteiger partial charge in [0, 0.05) is 12.8 Å². The molecule has 0 saturated heterocycles. The highest BCUT2D eigenvalue weighted by atomic mass is 32.1. The Kier molecular flexibility index (Phi) is 8.69. The number of ether oxygens (including phenoxy) is 1. The van der Waals surface area contributed by atoms with E-state index >= 15 is 0 Å². The van der Waals surface area contributed by atoms with E-state index in [0.29, 0.717) is 0 Å². The van der Waals surface area contributed by atoms with E-state index in [1.54, 1.807) is 0 Å². The molecule has 6 heteroatoms. The van der Waals surface area contributed by atoms with Crippen molar-refractivity contribution in [3.05, 3.63) is 35.9 Å². The molecule has 0 aliphatic rings. The van der Waals surface area contributed by atoms with Crippen molar-refractivity contribution in [2.45, 2.75) is 12.8 Å². The zero-order valence-corrected chi connectivity index (χ0v) is 11.0. The summed E-state index contributed by atoms with van der Waals surface area (Å²) in [4.78, 5) is 19.7. The zero-order valence-electron chi connectivity index (χ0n) is 10.1. The number of esters is 1. The van der Waals surface area contributed by atoms with Crippen LogP contribution >= 0.6 is 12.6 Å². The van der Waals surface area contributed by atoms with Crippen molar-refractivity contribution in [2.75, 3.05) is 13.2 Å². The summed E-state index contributed by atoms with van der Waals surface area (Å²) in [7, 11) is 0. The maximum Gasteiger partial charge on any atom is 0.302 e. The minimum absolute atomic E-state index is 0.0166. The highest BCUT2D eigenvalue weighted by Gasteiger charge is 2.11. The minimum atomic E-state index is -0.639. The van der Waals surface area contributed by atoms with E-state index in [1.807, 2.05) is 30.3 Å². The normalized spacial score (nSPS) is 10.8. The van der Waals surface area contributed by atoms with Gasteiger partial charge in [-0.25, -0.2) is 0 Å². The summed E-state index contributed by atoms with van der Waals surface area (Å²) < 4.78 is 4.85. The third kappa shape index (κ3) is 8.60. The number of amides is 1. The maximum atomic E-state index is 10.6. The summed E-state index contributed by atoms with van der Waals surface area (Å²) in [6.45, 7) is 1.58. The monoisotopic (exact) mass is 271 g/mol. The Labute approximate surface area is 111 Å². The average Bonchev–Trinajstić information content (AvgIpc) is 2.30. The largest absolute Gasteiger partial charge is 0.465 e. The molecule has 1 aromatic rings. The van der Waals surface area contributed by atoms with Gasteiger partial charge in [0.25, 0.3) is 5.24 Å². The van der Waals surface area contributed by atoms with Crippen LogP contribution in [0.3, 0.4) is 0 Å². The first-order valence-electron chi connectivity index (χ1n) is 5.25. The Morgan fingerprint density at radius 3 is 2.28 bits per heavy atom. The van der Waals surface area contributed by atoms with Crippen LogP contribution in [0.15, 0.2) is 30.3 Å². The van der Waals surface area contributed by atoms with Gasteiger partial charge in [-0.1, -0.05) is 43.0 Å². The lowest BCUT2D eigenvalue weighted by atomic mass is 10.0. The Balaban J connectivity index is 0.000000631. The van der Waals surface area contributed by atoms with E-state index in [0.717, 1.165) is 5.56 Å². The van der Waals surface area contributed by atoms with E-state index in [1.165, 1.54) is 6.92 Å². The van der Waals surface area contributed by atoms with Gasteiger partial charge in [0.2, 0.25) is 0 Å². The smallest absolute Gasteiger partial charge is 0.302 e. The Hall–Kier alpha value is -1.53. The molecule has 1 aromatic carbocycles. The van der Waals surface area contributed by atoms with Crippen molar-refractivity contribution in [3.8, 4) is 0 Å². The van der Waals surface area contributed by atoms with Crippen molar-refractivity contribution in [3.63, 3.8) is 0 Å². The third-order valence-corrected chi connectivity index (χ3v) is 1.98. The van der Waals surface area contributed by atoms with Crippen molar-refractivity contribution >= 4 is 23.8 Å². The molecular formula is C12H17NO4S. The number of thiol groups is 1. The van der Waals surface area contributed by atoms with Crippen LogP contribution in [0.2, 0.25) is 0 Å². The van der Waals surface area contributed by atoms with Gasteiger partial charge in [0.05, 0.1) is 6.61 Å². The third-order valence-electron chi connectivity index (χ3n) is 1.98. The highest BCUT2D eigenvalue weighted by Crippen LogP contribution is 2.14. The maximum absolute atomic E-state index is 10.6. The molecule has 5 nitrogen and oxygen atoms in total. The average molecular weight is 271 g/mol. The molecule has 0 aromatic heterocycles. The number of primary amides is 1. The van der Waals surface area contributed by atoms with Crippen molar-refractivity contribution in [2.24, 2.45) is 5.73 Å². The molecule has 1 amide bonds. The van der Waals surface area contributed by atoms with Crippen LogP contribution in [0.5, 0.6) is 0 Å². The van der Waals surface area contributed by atoms with Gasteiger partial charge in [-0.2, -0.15) is 0 Å². The van der Waals surface area contributed by atoms with Gasteiger partial charge in [-0.15, -0.1) is 0 Å². The number of hydrogen-bond acceptors (Lipinski definition) is 4. The molecule has 0 bridgehead atoms. The molecule has 18 heavy (non-hydrogen) atoms. The van der Waals surface area contributed by atoms with Gasteiger partial charge in [0.15, 0.2) is 0 Å². The summed E-state index contributed by atoms with van der Waals surface area (Å²) in [5, 5.41) is 8.46. The summed E-state index contributed by atoms with van der Waals surface area (Å²) in [5.41, 5.74) is 5.32. The van der Waals surface area contributed by atoms with Gasteiger partial charge >= 0.3 is 5.97 Å². The fourth-order valence-corrected chi connectivity index (χ4v) is 1.20. The standard InChI is InChI=1S/C11H14O3.CH3NOS/c1-9(13)14-8-11(7-12)10-5-3-2-4-6-10;2-1(3)4/h2-6,11-12H,7-8H2,1H3;(H3,2,3,4)/t11-;/m0./s1. The molecule has 0 aliphatic carbocycles. The molecule has 0 radical (unpaired) electrons. The van der Waals surface area contributed by atoms with E-state index in [4.69, 9.17) is 14.6 Å². The number of nitrogens with two attached hydrogens (primary N) is 1. The topological polar surface area (TPSA) is 89.6 Å². The molecule has 3 N–H and O–H groups in total. The van der Waals surface area contributed by atoms with Crippen LogP contribution < -0.4 is 5.73 Å². The van der Waals surface area contributed by atoms with E-state index in [2.05, 4.69) is 18.4 Å². The Bertz CT molecular complexity index is 366. The van der Waals surface area contributed by atoms with Crippen molar-refractivity contribution in [1.82, 2.24) is 0 Å². The first-order chi connectivity index (χ1) is 8.47. The molecule has 1 atom stereocenters. The van der Waals surface area contributed by atoms with Gasteiger partial charge in [0.1, 0.15) is 6.61 Å². The van der Waals surface area contributed by atoms with E-state index in [9.17, 15) is 4.79 Å². The van der Waals surface area contributed by atoms with E-state index in [-0.39, 0.29) is 25.1 Å². The first-order valence-corrected chi connectivity index (χ1v) is 5.69. The number of hydrogen-bond donors (Lipinski definition) is 3. The number of aliphatic hydroxyl groups excluding tert-OH is 1. The highest BCUT2D eigenvalue weighted by molar-refractivity contribution is 7.96. The van der Waals surface area contributed by atoms with Crippen LogP contribution in [-0.4, -0.2) is 29.5 Å². The molecule has 0 unspecified atom stereocenters. The molecule has 0 spiro atoms. The second-order valence-electron chi connectivity index (χ2n) is 3.43. The first kappa shape index (κ1) is 16.5. The number of benzene rings is 1. The molecule has 0 fully saturated rings. The molecule has 100 valence electrons. The van der Waals surface area contributed by atoms with E-state index < -0.39 is 5.24 Å². The van der Waals surface area contributed by atoms with Crippen molar-refractivity contribution < 1.29 is 19.4 Å². The number of carbonyl (C=O) groups excluding carboxylic acids is 2. The number of aliphatic hydroxyl groups is 1. The molecule has 0 aliphatic heterocycles. The second kappa shape index (κ2) is 9.49. The number of carbonyl (C=O) groups is 2.